The number of aromatic nitrogens is 2. The average molecular weight is 814 g/mol. The average Bonchev–Trinajstić information content (AvgIpc) is 4.03. The standard InChI is InChI=1S/C49H63N7O4/c1-32(2)42(29-45(57)34(5)50)48(59)55-25-15-17-38(55)27-36-30-53(43-21-11-9-19-40(36)43)23-13-7-8-14-24-54-31-37(41-20-10-12-22-44(41)54)28-39-18-16-26-56(39)49(60)46(33(3)4)52-47(58)35(6)51/h9-12,19-22,30-35,38-39,42,46H,15-18,23-29,50-51H2,1-6H3,(H,52,58)/t34-,35-,38-,39-,42-,46-/m0/s1. The molecule has 0 saturated carbocycles. The minimum atomic E-state index is -0.684. The number of hydrogen-bond acceptors (Lipinski definition) is 6. The lowest BCUT2D eigenvalue weighted by Gasteiger charge is -2.31. The van der Waals surface area contributed by atoms with Gasteiger partial charge in [0.1, 0.15) is 11.8 Å². The number of amides is 3. The number of likely N-dealkylation sites (tertiary alicyclic amines) is 2. The molecule has 60 heavy (non-hydrogen) atoms. The number of nitrogens with two attached hydrogens (primary N) is 2. The summed E-state index contributed by atoms with van der Waals surface area (Å²) in [6.45, 7) is 13.6. The van der Waals surface area contributed by atoms with Crippen molar-refractivity contribution in [1.82, 2.24) is 24.3 Å². The number of ketones is 1. The van der Waals surface area contributed by atoms with Crippen LogP contribution in [0.1, 0.15) is 84.8 Å². The molecule has 5 N–H and O–H groups in total. The van der Waals surface area contributed by atoms with Crippen molar-refractivity contribution in [3.8, 4) is 23.7 Å². The highest BCUT2D eigenvalue weighted by Gasteiger charge is 2.37. The molecule has 3 amide bonds. The summed E-state index contributed by atoms with van der Waals surface area (Å²) in [5, 5.41) is 5.19. The minimum Gasteiger partial charge on any atom is -0.343 e. The number of para-hydroxylation sites is 2. The molecule has 11 heteroatoms. The molecule has 0 unspecified atom stereocenters. The van der Waals surface area contributed by atoms with Crippen molar-refractivity contribution in [3.05, 3.63) is 72.1 Å². The van der Waals surface area contributed by atoms with E-state index in [1.165, 1.54) is 11.1 Å². The van der Waals surface area contributed by atoms with Crippen molar-refractivity contribution in [2.24, 2.45) is 29.2 Å². The third-order valence-electron chi connectivity index (χ3n) is 12.4. The van der Waals surface area contributed by atoms with Gasteiger partial charge in [-0.05, 0) is 99.3 Å². The van der Waals surface area contributed by atoms with E-state index in [2.05, 4.69) is 74.8 Å². The second-order valence-corrected chi connectivity index (χ2v) is 17.6. The molecule has 11 nitrogen and oxygen atoms in total. The summed E-state index contributed by atoms with van der Waals surface area (Å²) in [6.07, 6.45) is 9.66. The molecule has 2 aromatic carbocycles. The Balaban J connectivity index is 1.12. The van der Waals surface area contributed by atoms with Crippen molar-refractivity contribution >= 4 is 45.3 Å². The van der Waals surface area contributed by atoms with E-state index in [1.54, 1.807) is 13.8 Å². The number of fused-ring (bicyclic) bond motifs is 2. The van der Waals surface area contributed by atoms with Gasteiger partial charge in [0.15, 0.2) is 0 Å². The van der Waals surface area contributed by atoms with E-state index in [-0.39, 0.29) is 59.8 Å². The number of carbonyl (C=O) groups is 4. The molecule has 0 aliphatic carbocycles. The molecule has 0 spiro atoms. The van der Waals surface area contributed by atoms with Gasteiger partial charge in [-0.1, -0.05) is 75.9 Å². The highest BCUT2D eigenvalue weighted by atomic mass is 16.2. The van der Waals surface area contributed by atoms with Gasteiger partial charge >= 0.3 is 0 Å². The van der Waals surface area contributed by atoms with Gasteiger partial charge in [0.05, 0.1) is 25.2 Å². The Bertz CT molecular complexity index is 2150. The van der Waals surface area contributed by atoms with E-state index in [0.717, 1.165) is 53.9 Å². The van der Waals surface area contributed by atoms with Gasteiger partial charge in [-0.25, -0.2) is 0 Å². The molecule has 2 aliphatic heterocycles. The highest BCUT2D eigenvalue weighted by Crippen LogP contribution is 2.31. The van der Waals surface area contributed by atoms with Crippen LogP contribution < -0.4 is 16.8 Å². The smallest absolute Gasteiger partial charge is 0.245 e. The van der Waals surface area contributed by atoms with E-state index in [1.807, 2.05) is 61.8 Å². The fraction of sp³-hybridized carbons (Fsp3) is 0.510. The summed E-state index contributed by atoms with van der Waals surface area (Å²) in [6, 6.07) is 14.9. The number of rotatable bonds is 15. The first kappa shape index (κ1) is 44.2. The maximum absolute atomic E-state index is 13.9. The minimum absolute atomic E-state index is 0.0340. The molecule has 4 aromatic rings. The summed E-state index contributed by atoms with van der Waals surface area (Å²) in [5.41, 5.74) is 16.2. The van der Waals surface area contributed by atoms with Crippen LogP contribution in [-0.2, 0) is 45.1 Å². The fourth-order valence-electron chi connectivity index (χ4n) is 8.95. The Labute approximate surface area is 355 Å². The molecule has 6 atom stereocenters. The van der Waals surface area contributed by atoms with Crippen LogP contribution in [0.3, 0.4) is 0 Å². The molecule has 4 heterocycles. The largest absolute Gasteiger partial charge is 0.343 e. The normalized spacial score (nSPS) is 18.6. The molecule has 2 saturated heterocycles. The lowest BCUT2D eigenvalue weighted by atomic mass is 9.87. The zero-order valence-electron chi connectivity index (χ0n) is 36.2. The van der Waals surface area contributed by atoms with Crippen LogP contribution in [0.4, 0.5) is 0 Å². The molecular formula is C49H63N7O4. The SMILES string of the molecule is CC(C)[C@H](CC(=O)[C@H](C)N)C(=O)N1CCC[C@H]1Cc1cn(CC#CC#CCn2cc(C[C@@H]3CCCN3C(=O)[C@@H](NC(=O)[C@H](C)N)C(C)C)c3ccccc32)c2ccccc12. The van der Waals surface area contributed by atoms with Crippen LogP contribution in [-0.4, -0.2) is 85.7 Å². The molecule has 2 fully saturated rings. The molecular weight excluding hydrogens is 751 g/mol. The maximum atomic E-state index is 13.9. The van der Waals surface area contributed by atoms with E-state index in [4.69, 9.17) is 11.5 Å². The first-order valence-corrected chi connectivity index (χ1v) is 21.8. The highest BCUT2D eigenvalue weighted by molar-refractivity contribution is 5.91. The van der Waals surface area contributed by atoms with E-state index >= 15 is 0 Å². The second kappa shape index (κ2) is 19.8. The van der Waals surface area contributed by atoms with Gasteiger partial charge in [-0.15, -0.1) is 0 Å². The first-order chi connectivity index (χ1) is 28.7. The van der Waals surface area contributed by atoms with Gasteiger partial charge in [0.2, 0.25) is 17.7 Å². The van der Waals surface area contributed by atoms with Crippen LogP contribution in [0.5, 0.6) is 0 Å². The lowest BCUT2D eigenvalue weighted by Crippen LogP contribution is -2.55. The number of nitrogens with zero attached hydrogens (tertiary/aromatic N) is 4. The molecule has 6 rings (SSSR count). The van der Waals surface area contributed by atoms with Gasteiger partial charge in [-0.3, -0.25) is 19.2 Å². The van der Waals surface area contributed by atoms with Gasteiger partial charge in [-0.2, -0.15) is 0 Å². The van der Waals surface area contributed by atoms with Crippen LogP contribution in [0.25, 0.3) is 21.8 Å². The molecule has 0 radical (unpaired) electrons. The van der Waals surface area contributed by atoms with E-state index < -0.39 is 18.1 Å². The summed E-state index contributed by atoms with van der Waals surface area (Å²) in [7, 11) is 0. The second-order valence-electron chi connectivity index (χ2n) is 17.6. The quantitative estimate of drug-likeness (QED) is 0.136. The third kappa shape index (κ3) is 10.1. The number of hydrogen-bond donors (Lipinski definition) is 3. The van der Waals surface area contributed by atoms with Gasteiger partial charge in [0, 0.05) is 71.7 Å². The molecule has 0 bridgehead atoms. The zero-order valence-corrected chi connectivity index (χ0v) is 36.2. The monoisotopic (exact) mass is 813 g/mol. The Kier molecular flexibility index (Phi) is 14.6. The van der Waals surface area contributed by atoms with E-state index in [9.17, 15) is 19.2 Å². The Morgan fingerprint density at radius 1 is 0.683 bits per heavy atom. The molecule has 2 aromatic heterocycles. The Hall–Kier alpha value is -5.36. The maximum Gasteiger partial charge on any atom is 0.245 e. The fourth-order valence-corrected chi connectivity index (χ4v) is 8.95. The third-order valence-corrected chi connectivity index (χ3v) is 12.4. The number of nitrogens with one attached hydrogen (secondary N) is 1. The van der Waals surface area contributed by atoms with Crippen molar-refractivity contribution in [3.63, 3.8) is 0 Å². The summed E-state index contributed by atoms with van der Waals surface area (Å²) >= 11 is 0. The van der Waals surface area contributed by atoms with Crippen LogP contribution in [0.15, 0.2) is 60.9 Å². The zero-order chi connectivity index (χ0) is 43.1. The summed E-state index contributed by atoms with van der Waals surface area (Å²) in [4.78, 5) is 56.6. The van der Waals surface area contributed by atoms with Crippen molar-refractivity contribution in [2.45, 2.75) is 130 Å². The van der Waals surface area contributed by atoms with Crippen LogP contribution in [0.2, 0.25) is 0 Å². The number of carbonyl (C=O) groups excluding carboxylic acids is 4. The first-order valence-electron chi connectivity index (χ1n) is 21.8. The lowest BCUT2D eigenvalue weighted by molar-refractivity contribution is -0.140. The number of benzene rings is 2. The molecule has 2 aliphatic rings. The molecule has 318 valence electrons. The van der Waals surface area contributed by atoms with Crippen molar-refractivity contribution in [2.75, 3.05) is 13.1 Å². The number of Topliss-reactive ketones (excluding diaryl/α,β-unsaturated/α-hetero) is 1. The summed E-state index contributed by atoms with van der Waals surface area (Å²) < 4.78 is 4.32. The topological polar surface area (TPSA) is 149 Å². The van der Waals surface area contributed by atoms with Crippen LogP contribution >= 0.6 is 0 Å². The summed E-state index contributed by atoms with van der Waals surface area (Å²) in [5.74, 6) is 11.9. The van der Waals surface area contributed by atoms with Crippen molar-refractivity contribution in [1.29, 1.82) is 0 Å². The van der Waals surface area contributed by atoms with Gasteiger partial charge < -0.3 is 35.7 Å². The predicted molar refractivity (Wildman–Crippen MR) is 238 cm³/mol. The predicted octanol–water partition coefficient (Wildman–Crippen LogP) is 5.44. The van der Waals surface area contributed by atoms with E-state index in [0.29, 0.717) is 32.6 Å². The van der Waals surface area contributed by atoms with Gasteiger partial charge in [0.25, 0.3) is 0 Å². The van der Waals surface area contributed by atoms with Crippen LogP contribution in [0, 0.1) is 41.4 Å². The Morgan fingerprint density at radius 3 is 1.62 bits per heavy atom. The Morgan fingerprint density at radius 2 is 1.17 bits per heavy atom. The van der Waals surface area contributed by atoms with Crippen molar-refractivity contribution < 1.29 is 19.2 Å².